The molecule has 4 aromatic rings. The zero-order chi connectivity index (χ0) is 23.5. The number of oxazole rings is 2. The van der Waals surface area contributed by atoms with Gasteiger partial charge < -0.3 is 8.83 Å². The highest BCUT2D eigenvalue weighted by atomic mass is 32.2. The van der Waals surface area contributed by atoms with Crippen LogP contribution in [0.2, 0.25) is 0 Å². The first kappa shape index (κ1) is 22.1. The van der Waals surface area contributed by atoms with E-state index in [1.165, 1.54) is 18.2 Å². The van der Waals surface area contributed by atoms with Crippen molar-refractivity contribution in [2.75, 3.05) is 0 Å². The van der Waals surface area contributed by atoms with Crippen molar-refractivity contribution in [1.82, 2.24) is 9.97 Å². The van der Waals surface area contributed by atoms with Gasteiger partial charge in [0.15, 0.2) is 11.2 Å². The molecule has 4 rings (SSSR count). The number of benzene rings is 2. The second-order valence-electron chi connectivity index (χ2n) is 6.26. The number of nitrogens with zero attached hydrogens (tertiary/aromatic N) is 2. The molecule has 2 aromatic heterocycles. The zero-order valence-corrected chi connectivity index (χ0v) is 17.7. The maximum atomic E-state index is 11.6. The Bertz CT molecular complexity index is 1750. The van der Waals surface area contributed by atoms with Crippen LogP contribution in [0.5, 0.6) is 0 Å². The summed E-state index contributed by atoms with van der Waals surface area (Å²) in [5, 5.41) is 0. The van der Waals surface area contributed by atoms with Crippen molar-refractivity contribution in [2.24, 2.45) is 0 Å². The van der Waals surface area contributed by atoms with Crippen molar-refractivity contribution in [3.05, 3.63) is 42.1 Å². The van der Waals surface area contributed by atoms with E-state index in [9.17, 15) is 34.4 Å². The minimum absolute atomic E-state index is 0.0385. The molecule has 13 nitrogen and oxygen atoms in total. The zero-order valence-electron chi connectivity index (χ0n) is 15.3. The van der Waals surface area contributed by atoms with Gasteiger partial charge in [-0.25, -0.2) is 9.97 Å². The molecule has 168 valence electrons. The van der Waals surface area contributed by atoms with Crippen molar-refractivity contribution in [3.63, 3.8) is 0 Å². The average molecular weight is 502 g/mol. The first-order valence-corrected chi connectivity index (χ1v) is 12.5. The molecule has 0 atom stereocenters. The van der Waals surface area contributed by atoms with Gasteiger partial charge >= 0.3 is 0 Å². The van der Waals surface area contributed by atoms with E-state index in [1.54, 1.807) is 0 Å². The van der Waals surface area contributed by atoms with E-state index in [0.29, 0.717) is 6.07 Å². The molecule has 2 aromatic carbocycles. The van der Waals surface area contributed by atoms with Crippen LogP contribution in [0, 0.1) is 0 Å². The number of aromatic nitrogens is 2. The lowest BCUT2D eigenvalue weighted by Crippen LogP contribution is -2.04. The number of rotatable bonds is 5. The van der Waals surface area contributed by atoms with E-state index >= 15 is 0 Å². The van der Waals surface area contributed by atoms with Crippen molar-refractivity contribution in [2.45, 2.75) is 14.7 Å². The topological polar surface area (TPSA) is 215 Å². The van der Waals surface area contributed by atoms with E-state index in [0.717, 1.165) is 18.2 Å². The summed E-state index contributed by atoms with van der Waals surface area (Å²) in [7, 11) is -14.2. The molecule has 0 unspecified atom stereocenters. The predicted molar refractivity (Wildman–Crippen MR) is 106 cm³/mol. The van der Waals surface area contributed by atoms with Crippen molar-refractivity contribution in [1.29, 1.82) is 0 Å². The Labute approximate surface area is 179 Å². The van der Waals surface area contributed by atoms with Gasteiger partial charge in [-0.3, -0.25) is 13.7 Å². The smallest absolute Gasteiger partial charge is 0.296 e. The molecule has 16 heteroatoms. The van der Waals surface area contributed by atoms with Crippen LogP contribution < -0.4 is 0 Å². The summed E-state index contributed by atoms with van der Waals surface area (Å²) in [6.07, 6.45) is 2.41. The van der Waals surface area contributed by atoms with Gasteiger partial charge in [-0.15, -0.1) is 0 Å². The molecule has 3 N–H and O–H groups in total. The summed E-state index contributed by atoms with van der Waals surface area (Å²) in [5.74, 6) is -0.276. The average Bonchev–Trinajstić information content (AvgIpc) is 3.25. The quantitative estimate of drug-likeness (QED) is 0.333. The SMILES string of the molecule is O=S(=O)(O)c1ccc2nc(/C=C/c3nc4c(S(=O)(=O)O)cc(S(=O)(=O)O)cc4o3)oc2c1. The largest absolute Gasteiger partial charge is 0.437 e. The lowest BCUT2D eigenvalue weighted by Gasteiger charge is -2.01. The minimum atomic E-state index is -4.92. The molecule has 0 spiro atoms. The van der Waals surface area contributed by atoms with Gasteiger partial charge in [0.05, 0.1) is 9.79 Å². The van der Waals surface area contributed by atoms with Gasteiger partial charge in [0.1, 0.15) is 15.9 Å². The van der Waals surface area contributed by atoms with Gasteiger partial charge in [-0.05, 0) is 18.2 Å². The molecule has 2 heterocycles. The van der Waals surface area contributed by atoms with E-state index in [2.05, 4.69) is 9.97 Å². The molecule has 32 heavy (non-hydrogen) atoms. The van der Waals surface area contributed by atoms with E-state index in [4.69, 9.17) is 13.4 Å². The standard InChI is InChI=1S/C16H10N2O11S3/c19-30(20,21)8-1-2-10-11(5-8)28-14(17-10)3-4-15-18-16-12(29-15)6-9(31(22,23)24)7-13(16)32(25,26)27/h1-7H,(H,19,20,21)(H,22,23,24)(H,25,26,27)/b4-3+. The molecule has 0 bridgehead atoms. The summed E-state index contributed by atoms with van der Waals surface area (Å²) < 4.78 is 107. The van der Waals surface area contributed by atoms with Gasteiger partial charge in [-0.2, -0.15) is 25.3 Å². The molecule has 0 fully saturated rings. The maximum absolute atomic E-state index is 11.6. The summed E-state index contributed by atoms with van der Waals surface area (Å²) in [4.78, 5) is 5.79. The Morgan fingerprint density at radius 3 is 1.84 bits per heavy atom. The van der Waals surface area contributed by atoms with Crippen LogP contribution in [0.25, 0.3) is 34.4 Å². The fraction of sp³-hybridized carbons (Fsp3) is 0. The Kier molecular flexibility index (Phi) is 4.96. The third-order valence-electron chi connectivity index (χ3n) is 4.07. The fourth-order valence-corrected chi connectivity index (χ4v) is 4.47. The third kappa shape index (κ3) is 4.27. The highest BCUT2D eigenvalue weighted by Gasteiger charge is 2.24. The summed E-state index contributed by atoms with van der Waals surface area (Å²) >= 11 is 0. The molecule has 0 saturated carbocycles. The normalized spacial score (nSPS) is 13.5. The van der Waals surface area contributed by atoms with Gasteiger partial charge in [-0.1, -0.05) is 0 Å². The molecule has 0 aliphatic heterocycles. The molecule has 0 saturated heterocycles. The van der Waals surface area contributed by atoms with Crippen LogP contribution in [0.4, 0.5) is 0 Å². The highest BCUT2D eigenvalue weighted by Crippen LogP contribution is 2.28. The number of fused-ring (bicyclic) bond motifs is 2. The van der Waals surface area contributed by atoms with Crippen LogP contribution in [-0.2, 0) is 30.4 Å². The Morgan fingerprint density at radius 2 is 1.25 bits per heavy atom. The monoisotopic (exact) mass is 502 g/mol. The molecule has 0 aliphatic carbocycles. The summed E-state index contributed by atoms with van der Waals surface area (Å²) in [5.41, 5.74) is -0.442. The van der Waals surface area contributed by atoms with Gasteiger partial charge in [0, 0.05) is 24.3 Å². The predicted octanol–water partition coefficient (Wildman–Crippen LogP) is 1.88. The third-order valence-corrected chi connectivity index (χ3v) is 6.62. The first-order valence-electron chi connectivity index (χ1n) is 8.17. The number of hydrogen-bond donors (Lipinski definition) is 3. The Hall–Kier alpha value is -3.15. The van der Waals surface area contributed by atoms with Gasteiger partial charge in [0.2, 0.25) is 11.8 Å². The van der Waals surface area contributed by atoms with Gasteiger partial charge in [0.25, 0.3) is 30.4 Å². The Balaban J connectivity index is 1.78. The van der Waals surface area contributed by atoms with E-state index in [1.807, 2.05) is 0 Å². The minimum Gasteiger partial charge on any atom is -0.437 e. The fourth-order valence-electron chi connectivity index (χ4n) is 2.71. The maximum Gasteiger partial charge on any atom is 0.296 e. The van der Waals surface area contributed by atoms with Crippen molar-refractivity contribution >= 4 is 64.7 Å². The van der Waals surface area contributed by atoms with Crippen molar-refractivity contribution in [3.8, 4) is 0 Å². The lowest BCUT2D eigenvalue weighted by molar-refractivity contribution is 0.479. The van der Waals surface area contributed by atoms with E-state index in [-0.39, 0.29) is 28.5 Å². The van der Waals surface area contributed by atoms with Crippen LogP contribution in [-0.4, -0.2) is 48.9 Å². The second-order valence-corrected chi connectivity index (χ2v) is 10.5. The number of hydrogen-bond acceptors (Lipinski definition) is 10. The molecule has 0 radical (unpaired) electrons. The van der Waals surface area contributed by atoms with E-state index < -0.39 is 50.6 Å². The summed E-state index contributed by atoms with van der Waals surface area (Å²) in [6, 6.07) is 4.83. The lowest BCUT2D eigenvalue weighted by atomic mass is 10.3. The first-order chi connectivity index (χ1) is 14.7. The molecular weight excluding hydrogens is 492 g/mol. The van der Waals surface area contributed by atoms with Crippen molar-refractivity contribution < 1.29 is 47.7 Å². The second kappa shape index (κ2) is 7.19. The van der Waals surface area contributed by atoms with Crippen LogP contribution in [0.15, 0.2) is 53.9 Å². The molecular formula is C16H10N2O11S3. The summed E-state index contributed by atoms with van der Waals surface area (Å²) in [6.45, 7) is 0. The van der Waals surface area contributed by atoms with Crippen LogP contribution in [0.1, 0.15) is 11.8 Å². The molecule has 0 amide bonds. The Morgan fingerprint density at radius 1 is 0.688 bits per heavy atom. The van der Waals surface area contributed by atoms with Crippen LogP contribution in [0.3, 0.4) is 0 Å². The highest BCUT2D eigenvalue weighted by molar-refractivity contribution is 7.87. The van der Waals surface area contributed by atoms with Crippen LogP contribution >= 0.6 is 0 Å². The molecule has 0 aliphatic rings.